The fourth-order valence-electron chi connectivity index (χ4n) is 3.74. The van der Waals surface area contributed by atoms with Crippen LogP contribution in [0.3, 0.4) is 0 Å². The smallest absolute Gasteiger partial charge is 0.222 e. The van der Waals surface area contributed by atoms with E-state index >= 15 is 0 Å². The van der Waals surface area contributed by atoms with Crippen LogP contribution in [0.25, 0.3) is 0 Å². The largest absolute Gasteiger partial charge is 0.336 e. The molecule has 0 spiro atoms. The zero-order chi connectivity index (χ0) is 18.0. The van der Waals surface area contributed by atoms with Gasteiger partial charge in [0, 0.05) is 50.1 Å². The van der Waals surface area contributed by atoms with Crippen molar-refractivity contribution in [3.05, 3.63) is 23.8 Å². The Hall–Kier alpha value is -1.54. The molecule has 8 heteroatoms. The molecule has 3 rings (SSSR count). The summed E-state index contributed by atoms with van der Waals surface area (Å²) in [5.41, 5.74) is 0.972. The van der Waals surface area contributed by atoms with Gasteiger partial charge in [0.25, 0.3) is 0 Å². The number of sulfone groups is 1. The molecular weight excluding hydrogens is 340 g/mol. The number of aromatic nitrogens is 2. The van der Waals surface area contributed by atoms with Crippen molar-refractivity contribution in [3.63, 3.8) is 0 Å². The van der Waals surface area contributed by atoms with Gasteiger partial charge in [0.15, 0.2) is 9.84 Å². The van der Waals surface area contributed by atoms with Crippen molar-refractivity contribution < 1.29 is 13.2 Å². The predicted molar refractivity (Wildman–Crippen MR) is 94.6 cm³/mol. The van der Waals surface area contributed by atoms with Crippen molar-refractivity contribution in [2.75, 3.05) is 24.6 Å². The molecule has 0 unspecified atom stereocenters. The molecule has 2 aliphatic rings. The monoisotopic (exact) mass is 366 g/mol. The van der Waals surface area contributed by atoms with Gasteiger partial charge in [-0.3, -0.25) is 9.69 Å². The lowest BCUT2D eigenvalue weighted by Gasteiger charge is -2.44. The first-order chi connectivity index (χ1) is 11.9. The van der Waals surface area contributed by atoms with Gasteiger partial charge in [-0.15, -0.1) is 0 Å². The average molecular weight is 366 g/mol. The SMILES string of the molecule is CCCCC(=O)N1CCN(Cc2cnc(C)nc2)[C@H]2CS(=O)(=O)C[C@H]21. The van der Waals surface area contributed by atoms with Gasteiger partial charge in [0.2, 0.25) is 5.91 Å². The summed E-state index contributed by atoms with van der Waals surface area (Å²) in [6.45, 7) is 5.78. The van der Waals surface area contributed by atoms with Gasteiger partial charge in [0.1, 0.15) is 5.82 Å². The van der Waals surface area contributed by atoms with Gasteiger partial charge in [0.05, 0.1) is 17.5 Å². The van der Waals surface area contributed by atoms with Crippen molar-refractivity contribution in [2.45, 2.75) is 51.7 Å². The maximum atomic E-state index is 12.5. The Morgan fingerprint density at radius 1 is 1.20 bits per heavy atom. The maximum Gasteiger partial charge on any atom is 0.222 e. The Labute approximate surface area is 149 Å². The molecule has 7 nitrogen and oxygen atoms in total. The molecule has 25 heavy (non-hydrogen) atoms. The summed E-state index contributed by atoms with van der Waals surface area (Å²) < 4.78 is 24.5. The molecule has 1 aromatic rings. The van der Waals surface area contributed by atoms with Crippen molar-refractivity contribution in [2.24, 2.45) is 0 Å². The van der Waals surface area contributed by atoms with E-state index in [1.807, 2.05) is 11.8 Å². The lowest BCUT2D eigenvalue weighted by molar-refractivity contribution is -0.137. The van der Waals surface area contributed by atoms with Crippen molar-refractivity contribution in [1.29, 1.82) is 0 Å². The fraction of sp³-hybridized carbons (Fsp3) is 0.706. The Balaban J connectivity index is 1.76. The van der Waals surface area contributed by atoms with Crippen LogP contribution in [0.5, 0.6) is 0 Å². The van der Waals surface area contributed by atoms with Crippen LogP contribution in [0.4, 0.5) is 0 Å². The molecule has 138 valence electrons. The molecule has 0 bridgehead atoms. The minimum absolute atomic E-state index is 0.0798. The number of hydrogen-bond acceptors (Lipinski definition) is 6. The third kappa shape index (κ3) is 4.17. The first-order valence-electron chi connectivity index (χ1n) is 8.91. The molecule has 0 radical (unpaired) electrons. The molecule has 2 saturated heterocycles. The number of fused-ring (bicyclic) bond motifs is 1. The molecule has 1 amide bonds. The number of piperazine rings is 1. The lowest BCUT2D eigenvalue weighted by Crippen LogP contribution is -2.60. The van der Waals surface area contributed by atoms with Crippen molar-refractivity contribution in [3.8, 4) is 0 Å². The molecule has 3 heterocycles. The van der Waals surface area contributed by atoms with Gasteiger partial charge >= 0.3 is 0 Å². The Morgan fingerprint density at radius 3 is 2.56 bits per heavy atom. The van der Waals surface area contributed by atoms with Crippen LogP contribution in [0, 0.1) is 6.92 Å². The highest BCUT2D eigenvalue weighted by Gasteiger charge is 2.47. The summed E-state index contributed by atoms with van der Waals surface area (Å²) in [7, 11) is -3.11. The molecule has 1 aromatic heterocycles. The number of carbonyl (C=O) groups is 1. The highest BCUT2D eigenvalue weighted by atomic mass is 32.2. The molecule has 0 aromatic carbocycles. The minimum atomic E-state index is -3.11. The molecule has 2 fully saturated rings. The van der Waals surface area contributed by atoms with Gasteiger partial charge in [-0.2, -0.15) is 0 Å². The van der Waals surface area contributed by atoms with E-state index in [9.17, 15) is 13.2 Å². The number of unbranched alkanes of at least 4 members (excludes halogenated alkanes) is 1. The zero-order valence-electron chi connectivity index (χ0n) is 14.9. The van der Waals surface area contributed by atoms with Crippen LogP contribution >= 0.6 is 0 Å². The van der Waals surface area contributed by atoms with E-state index in [1.54, 1.807) is 12.4 Å². The third-order valence-electron chi connectivity index (χ3n) is 5.08. The number of amides is 1. The summed E-state index contributed by atoms with van der Waals surface area (Å²) in [5, 5.41) is 0. The lowest BCUT2D eigenvalue weighted by atomic mass is 10.0. The molecule has 0 N–H and O–H groups in total. The fourth-order valence-corrected chi connectivity index (χ4v) is 5.75. The van der Waals surface area contributed by atoms with E-state index in [0.717, 1.165) is 24.2 Å². The highest BCUT2D eigenvalue weighted by molar-refractivity contribution is 7.91. The second kappa shape index (κ2) is 7.37. The van der Waals surface area contributed by atoms with E-state index in [-0.39, 0.29) is 29.5 Å². The second-order valence-corrected chi connectivity index (χ2v) is 9.17. The molecular formula is C17H26N4O3S. The summed E-state index contributed by atoms with van der Waals surface area (Å²) in [6.07, 6.45) is 5.90. The Bertz CT molecular complexity index is 720. The first-order valence-corrected chi connectivity index (χ1v) is 10.7. The van der Waals surface area contributed by atoms with E-state index < -0.39 is 9.84 Å². The molecule has 0 saturated carbocycles. The second-order valence-electron chi connectivity index (χ2n) is 7.01. The normalized spacial score (nSPS) is 25.8. The van der Waals surface area contributed by atoms with Crippen molar-refractivity contribution >= 4 is 15.7 Å². The molecule has 0 aliphatic carbocycles. The quantitative estimate of drug-likeness (QED) is 0.766. The Kier molecular flexibility index (Phi) is 5.38. The maximum absolute atomic E-state index is 12.5. The number of aryl methyl sites for hydroxylation is 1. The predicted octanol–water partition coefficient (Wildman–Crippen LogP) is 0.785. The first kappa shape index (κ1) is 18.3. The number of rotatable bonds is 5. The Morgan fingerprint density at radius 2 is 1.88 bits per heavy atom. The third-order valence-corrected chi connectivity index (χ3v) is 6.77. The van der Waals surface area contributed by atoms with E-state index in [1.165, 1.54) is 0 Å². The van der Waals surface area contributed by atoms with Gasteiger partial charge in [-0.05, 0) is 13.3 Å². The van der Waals surface area contributed by atoms with Gasteiger partial charge in [-0.1, -0.05) is 13.3 Å². The van der Waals surface area contributed by atoms with E-state index in [2.05, 4.69) is 21.8 Å². The van der Waals surface area contributed by atoms with Crippen LogP contribution < -0.4 is 0 Å². The minimum Gasteiger partial charge on any atom is -0.336 e. The van der Waals surface area contributed by atoms with Gasteiger partial charge < -0.3 is 4.90 Å². The molecule has 2 aliphatic heterocycles. The number of nitrogens with zero attached hydrogens (tertiary/aromatic N) is 4. The van der Waals surface area contributed by atoms with Crippen LogP contribution in [-0.2, 0) is 21.2 Å². The standard InChI is InChI=1S/C17H26N4O3S/c1-3-4-5-17(22)21-7-6-20(10-14-8-18-13(2)19-9-14)15-11-25(23,24)12-16(15)21/h8-9,15-16H,3-7,10-12H2,1-2H3/t15-,16+/m0/s1. The van der Waals surface area contributed by atoms with Crippen molar-refractivity contribution in [1.82, 2.24) is 19.8 Å². The van der Waals surface area contributed by atoms with E-state index in [4.69, 9.17) is 0 Å². The van der Waals surface area contributed by atoms with Crippen LogP contribution in [0.1, 0.15) is 37.6 Å². The van der Waals surface area contributed by atoms with Crippen LogP contribution in [0.15, 0.2) is 12.4 Å². The average Bonchev–Trinajstić information content (AvgIpc) is 2.90. The van der Waals surface area contributed by atoms with Gasteiger partial charge in [-0.25, -0.2) is 18.4 Å². The topological polar surface area (TPSA) is 83.5 Å². The summed E-state index contributed by atoms with van der Waals surface area (Å²) in [4.78, 5) is 24.9. The van der Waals surface area contributed by atoms with E-state index in [0.29, 0.717) is 26.1 Å². The summed E-state index contributed by atoms with van der Waals surface area (Å²) in [6, 6.07) is -0.361. The summed E-state index contributed by atoms with van der Waals surface area (Å²) >= 11 is 0. The number of carbonyl (C=O) groups excluding carboxylic acids is 1. The molecule has 2 atom stereocenters. The highest BCUT2D eigenvalue weighted by Crippen LogP contribution is 2.28. The summed E-state index contributed by atoms with van der Waals surface area (Å²) in [5.74, 6) is 1.02. The zero-order valence-corrected chi connectivity index (χ0v) is 15.7. The number of hydrogen-bond donors (Lipinski definition) is 0. The van der Waals surface area contributed by atoms with Crippen LogP contribution in [0.2, 0.25) is 0 Å². The van der Waals surface area contributed by atoms with Crippen LogP contribution in [-0.4, -0.2) is 70.8 Å².